The van der Waals surface area contributed by atoms with Crippen LogP contribution in [-0.2, 0) is 6.54 Å². The van der Waals surface area contributed by atoms with Gasteiger partial charge in [0, 0.05) is 35.1 Å². The predicted octanol–water partition coefficient (Wildman–Crippen LogP) is 3.61. The van der Waals surface area contributed by atoms with Gasteiger partial charge < -0.3 is 10.3 Å². The number of benzene rings is 1. The van der Waals surface area contributed by atoms with E-state index in [1.165, 1.54) is 47.8 Å². The molecule has 2 aliphatic rings. The van der Waals surface area contributed by atoms with Crippen LogP contribution in [0.15, 0.2) is 18.2 Å². The second-order valence-corrected chi connectivity index (χ2v) is 5.94. The molecule has 1 aliphatic heterocycles. The highest BCUT2D eigenvalue weighted by Crippen LogP contribution is 2.41. The van der Waals surface area contributed by atoms with Gasteiger partial charge in [-0.3, -0.25) is 0 Å². The standard InChI is InChI=1S/C16H20N2/c1-10-6-7-14-12(8-10)16-11-4-2-3-5-13(11)17-9-15(16)18-14/h6-8,11,13,17-18H,2-5,9H2,1H3/t11-,13+/m1/s1. The van der Waals surface area contributed by atoms with Crippen LogP contribution in [0.2, 0.25) is 0 Å². The molecule has 0 bridgehead atoms. The topological polar surface area (TPSA) is 27.8 Å². The molecule has 2 heteroatoms. The van der Waals surface area contributed by atoms with Crippen LogP contribution in [0, 0.1) is 6.92 Å². The third-order valence-corrected chi connectivity index (χ3v) is 4.75. The van der Waals surface area contributed by atoms with Crippen LogP contribution in [0.4, 0.5) is 0 Å². The van der Waals surface area contributed by atoms with E-state index in [-0.39, 0.29) is 0 Å². The monoisotopic (exact) mass is 240 g/mol. The maximum atomic E-state index is 3.72. The third kappa shape index (κ3) is 1.45. The summed E-state index contributed by atoms with van der Waals surface area (Å²) in [6.45, 7) is 3.21. The van der Waals surface area contributed by atoms with Gasteiger partial charge in [0.2, 0.25) is 0 Å². The van der Waals surface area contributed by atoms with Gasteiger partial charge in [0.15, 0.2) is 0 Å². The van der Waals surface area contributed by atoms with Crippen molar-refractivity contribution in [2.75, 3.05) is 0 Å². The van der Waals surface area contributed by atoms with Crippen molar-refractivity contribution < 1.29 is 0 Å². The Morgan fingerprint density at radius 3 is 3.00 bits per heavy atom. The van der Waals surface area contributed by atoms with Crippen LogP contribution >= 0.6 is 0 Å². The van der Waals surface area contributed by atoms with Crippen LogP contribution in [-0.4, -0.2) is 11.0 Å². The van der Waals surface area contributed by atoms with E-state index in [1.54, 1.807) is 5.56 Å². The van der Waals surface area contributed by atoms with Gasteiger partial charge in [-0.1, -0.05) is 24.5 Å². The van der Waals surface area contributed by atoms with E-state index in [9.17, 15) is 0 Å². The van der Waals surface area contributed by atoms with Gasteiger partial charge >= 0.3 is 0 Å². The zero-order valence-electron chi connectivity index (χ0n) is 10.9. The maximum Gasteiger partial charge on any atom is 0.0459 e. The number of aryl methyl sites for hydroxylation is 1. The van der Waals surface area contributed by atoms with E-state index >= 15 is 0 Å². The Hall–Kier alpha value is -1.28. The lowest BCUT2D eigenvalue weighted by Crippen LogP contribution is -2.40. The zero-order chi connectivity index (χ0) is 12.1. The number of hydrogen-bond acceptors (Lipinski definition) is 1. The summed E-state index contributed by atoms with van der Waals surface area (Å²) >= 11 is 0. The number of aromatic amines is 1. The lowest BCUT2D eigenvalue weighted by atomic mass is 9.77. The van der Waals surface area contributed by atoms with Gasteiger partial charge in [0.25, 0.3) is 0 Å². The van der Waals surface area contributed by atoms with Gasteiger partial charge in [-0.25, -0.2) is 0 Å². The van der Waals surface area contributed by atoms with E-state index < -0.39 is 0 Å². The quantitative estimate of drug-likeness (QED) is 0.723. The summed E-state index contributed by atoms with van der Waals surface area (Å²) in [5.41, 5.74) is 5.74. The fourth-order valence-corrected chi connectivity index (χ4v) is 3.90. The minimum absolute atomic E-state index is 0.714. The first-order valence-electron chi connectivity index (χ1n) is 7.17. The number of aromatic nitrogens is 1. The zero-order valence-corrected chi connectivity index (χ0v) is 10.9. The van der Waals surface area contributed by atoms with Crippen LogP contribution in [0.1, 0.15) is 48.4 Å². The van der Waals surface area contributed by atoms with Crippen molar-refractivity contribution in [3.8, 4) is 0 Å². The Morgan fingerprint density at radius 2 is 2.06 bits per heavy atom. The Balaban J connectivity index is 1.93. The molecule has 1 aromatic carbocycles. The third-order valence-electron chi connectivity index (χ3n) is 4.75. The molecule has 2 heterocycles. The second kappa shape index (κ2) is 3.86. The van der Waals surface area contributed by atoms with Crippen LogP contribution in [0.25, 0.3) is 10.9 Å². The number of nitrogens with one attached hydrogen (secondary N) is 2. The average molecular weight is 240 g/mol. The lowest BCUT2D eigenvalue weighted by molar-refractivity contribution is 0.308. The van der Waals surface area contributed by atoms with Crippen LogP contribution in [0.3, 0.4) is 0 Å². The number of hydrogen-bond donors (Lipinski definition) is 2. The van der Waals surface area contributed by atoms with Crippen molar-refractivity contribution in [3.05, 3.63) is 35.0 Å². The summed E-state index contributed by atoms with van der Waals surface area (Å²) < 4.78 is 0. The number of rotatable bonds is 0. The number of fused-ring (bicyclic) bond motifs is 5. The Kier molecular flexibility index (Phi) is 2.28. The van der Waals surface area contributed by atoms with E-state index in [2.05, 4.69) is 35.4 Å². The summed E-state index contributed by atoms with van der Waals surface area (Å²) in [7, 11) is 0. The summed E-state index contributed by atoms with van der Waals surface area (Å²) in [5, 5.41) is 5.20. The maximum absolute atomic E-state index is 3.72. The van der Waals surface area contributed by atoms with Gasteiger partial charge in [-0.2, -0.15) is 0 Å². The first kappa shape index (κ1) is 10.6. The van der Waals surface area contributed by atoms with Crippen molar-refractivity contribution in [2.24, 2.45) is 0 Å². The van der Waals surface area contributed by atoms with Gasteiger partial charge in [0.1, 0.15) is 0 Å². The largest absolute Gasteiger partial charge is 0.357 e. The highest BCUT2D eigenvalue weighted by atomic mass is 15.0. The van der Waals surface area contributed by atoms with Crippen molar-refractivity contribution in [1.82, 2.24) is 10.3 Å². The van der Waals surface area contributed by atoms with Crippen molar-refractivity contribution in [1.29, 1.82) is 0 Å². The van der Waals surface area contributed by atoms with Gasteiger partial charge in [-0.15, -0.1) is 0 Å². The molecule has 1 aromatic heterocycles. The molecule has 0 spiro atoms. The first-order valence-corrected chi connectivity index (χ1v) is 7.17. The molecule has 0 unspecified atom stereocenters. The average Bonchev–Trinajstić information content (AvgIpc) is 2.77. The minimum atomic E-state index is 0.714. The summed E-state index contributed by atoms with van der Waals surface area (Å²) in [6, 6.07) is 7.52. The predicted molar refractivity (Wildman–Crippen MR) is 74.9 cm³/mol. The SMILES string of the molecule is Cc1ccc2[nH]c3c(c2c1)[C@@H]1CCCC[C@@H]1NC3. The molecule has 1 saturated carbocycles. The molecule has 1 fully saturated rings. The van der Waals surface area contributed by atoms with E-state index in [0.717, 1.165) is 12.5 Å². The minimum Gasteiger partial charge on any atom is -0.357 e. The van der Waals surface area contributed by atoms with Gasteiger partial charge in [0.05, 0.1) is 0 Å². The van der Waals surface area contributed by atoms with Crippen LogP contribution in [0.5, 0.6) is 0 Å². The molecular weight excluding hydrogens is 220 g/mol. The summed E-state index contributed by atoms with van der Waals surface area (Å²) in [4.78, 5) is 3.61. The highest BCUT2D eigenvalue weighted by molar-refractivity contribution is 5.86. The molecule has 1 aliphatic carbocycles. The van der Waals surface area contributed by atoms with Gasteiger partial charge in [-0.05, 0) is 37.5 Å². The highest BCUT2D eigenvalue weighted by Gasteiger charge is 2.33. The van der Waals surface area contributed by atoms with Crippen molar-refractivity contribution >= 4 is 10.9 Å². The van der Waals surface area contributed by atoms with Crippen LogP contribution < -0.4 is 5.32 Å². The Morgan fingerprint density at radius 1 is 1.17 bits per heavy atom. The Labute approximate surface area is 108 Å². The smallest absolute Gasteiger partial charge is 0.0459 e. The molecule has 2 atom stereocenters. The molecule has 0 saturated heterocycles. The van der Waals surface area contributed by atoms with E-state index in [4.69, 9.17) is 0 Å². The van der Waals surface area contributed by atoms with E-state index in [0.29, 0.717) is 6.04 Å². The molecule has 4 rings (SSSR count). The normalized spacial score (nSPS) is 26.9. The molecule has 2 N–H and O–H groups in total. The molecule has 2 nitrogen and oxygen atoms in total. The Bertz CT molecular complexity index is 596. The molecule has 2 aromatic rings. The summed E-state index contributed by atoms with van der Waals surface area (Å²) in [6.07, 6.45) is 5.49. The summed E-state index contributed by atoms with van der Waals surface area (Å²) in [5.74, 6) is 0.734. The van der Waals surface area contributed by atoms with Crippen molar-refractivity contribution in [3.63, 3.8) is 0 Å². The lowest BCUT2D eigenvalue weighted by Gasteiger charge is -2.36. The first-order chi connectivity index (χ1) is 8.83. The molecule has 94 valence electrons. The second-order valence-electron chi connectivity index (χ2n) is 5.94. The molecule has 0 amide bonds. The molecule has 0 radical (unpaired) electrons. The molecule has 18 heavy (non-hydrogen) atoms. The molecular formula is C16H20N2. The fourth-order valence-electron chi connectivity index (χ4n) is 3.90. The van der Waals surface area contributed by atoms with E-state index in [1.807, 2.05) is 0 Å². The number of H-pyrrole nitrogens is 1. The fraction of sp³-hybridized carbons (Fsp3) is 0.500. The van der Waals surface area contributed by atoms with Crippen molar-refractivity contribution in [2.45, 2.75) is 51.1 Å².